The zero-order valence-corrected chi connectivity index (χ0v) is 55.9. The van der Waals surface area contributed by atoms with Gasteiger partial charge < -0.3 is 45.1 Å². The number of esters is 1. The van der Waals surface area contributed by atoms with Crippen molar-refractivity contribution >= 4 is 11.9 Å². The van der Waals surface area contributed by atoms with E-state index in [1.54, 1.807) is 6.08 Å². The summed E-state index contributed by atoms with van der Waals surface area (Å²) < 4.78 is 17.7. The van der Waals surface area contributed by atoms with Crippen LogP contribution < -0.4 is 5.32 Å². The fourth-order valence-electron chi connectivity index (χ4n) is 11.4. The first-order chi connectivity index (χ1) is 42.2. The van der Waals surface area contributed by atoms with Crippen molar-refractivity contribution < 1.29 is 49.3 Å². The third-order valence-electron chi connectivity index (χ3n) is 17.1. The smallest absolute Gasteiger partial charge is 0.306 e. The molecule has 1 fully saturated rings. The number of allylic oxidation sites excluding steroid dienone is 9. The first-order valence-corrected chi connectivity index (χ1v) is 36.6. The summed E-state index contributed by atoms with van der Waals surface area (Å²) >= 11 is 0. The van der Waals surface area contributed by atoms with Gasteiger partial charge in [0.15, 0.2) is 12.4 Å². The van der Waals surface area contributed by atoms with Crippen molar-refractivity contribution in [1.29, 1.82) is 0 Å². The lowest BCUT2D eigenvalue weighted by Gasteiger charge is -2.41. The maximum absolute atomic E-state index is 13.5. The van der Waals surface area contributed by atoms with Crippen LogP contribution in [0.5, 0.6) is 0 Å². The van der Waals surface area contributed by atoms with E-state index < -0.39 is 67.4 Å². The van der Waals surface area contributed by atoms with E-state index in [0.717, 1.165) is 70.6 Å². The molecule has 0 aliphatic carbocycles. The van der Waals surface area contributed by atoms with Crippen molar-refractivity contribution in [3.63, 3.8) is 0 Å². The van der Waals surface area contributed by atoms with Crippen LogP contribution in [-0.2, 0) is 23.8 Å². The Labute approximate surface area is 528 Å². The summed E-state index contributed by atoms with van der Waals surface area (Å²) in [4.78, 5) is 26.7. The molecule has 0 bridgehead atoms. The highest BCUT2D eigenvalue weighted by Gasteiger charge is 2.47. The van der Waals surface area contributed by atoms with Crippen LogP contribution in [0.4, 0.5) is 0 Å². The van der Waals surface area contributed by atoms with Crippen LogP contribution in [0.1, 0.15) is 342 Å². The number of carbonyl (C=O) groups excluding carboxylic acids is 2. The Hall–Kier alpha value is -2.64. The van der Waals surface area contributed by atoms with Crippen molar-refractivity contribution in [2.45, 2.75) is 391 Å². The maximum atomic E-state index is 13.5. The molecule has 1 saturated heterocycles. The highest BCUT2D eigenvalue weighted by molar-refractivity contribution is 5.80. The van der Waals surface area contributed by atoms with Gasteiger partial charge in [-0.3, -0.25) is 9.59 Å². The lowest BCUT2D eigenvalue weighted by molar-refractivity contribution is -0.305. The second-order valence-electron chi connectivity index (χ2n) is 25.3. The molecule has 0 radical (unpaired) electrons. The number of rotatable bonds is 63. The van der Waals surface area contributed by atoms with Crippen molar-refractivity contribution in [2.24, 2.45) is 0 Å². The summed E-state index contributed by atoms with van der Waals surface area (Å²) in [5, 5.41) is 57.3. The molecule has 1 amide bonds. The summed E-state index contributed by atoms with van der Waals surface area (Å²) in [7, 11) is 0. The number of unbranched alkanes of at least 4 members (excludes halogenated alkanes) is 41. The van der Waals surface area contributed by atoms with E-state index in [4.69, 9.17) is 14.2 Å². The molecular formula is C75H137NO10. The number of aliphatic hydroxyl groups is 5. The highest BCUT2D eigenvalue weighted by Crippen LogP contribution is 2.26. The SMILES string of the molecule is CCCCC/C=C\C/C=C\C/C=C\CCCCCCCCCCCCCCCC(O)C(=O)NC(COC1OC(CO)C(O)C(O)C1OC(=O)CCCCCCCCCCC/C=C/CCCCCCCC)C(O)/C=C/CCCCCCCCCCCC. The van der Waals surface area contributed by atoms with E-state index in [1.807, 2.05) is 6.08 Å². The molecule has 86 heavy (non-hydrogen) atoms. The number of amides is 1. The molecule has 1 aliphatic heterocycles. The van der Waals surface area contributed by atoms with Crippen molar-refractivity contribution in [3.8, 4) is 0 Å². The third-order valence-corrected chi connectivity index (χ3v) is 17.1. The Morgan fingerprint density at radius 2 is 0.802 bits per heavy atom. The van der Waals surface area contributed by atoms with Gasteiger partial charge in [-0.25, -0.2) is 0 Å². The molecule has 8 unspecified atom stereocenters. The molecule has 6 N–H and O–H groups in total. The topological polar surface area (TPSA) is 175 Å². The van der Waals surface area contributed by atoms with E-state index in [-0.39, 0.29) is 13.0 Å². The molecule has 11 nitrogen and oxygen atoms in total. The average molecular weight is 1210 g/mol. The number of nitrogens with one attached hydrogen (secondary N) is 1. The van der Waals surface area contributed by atoms with Crippen LogP contribution in [0.3, 0.4) is 0 Å². The molecule has 0 aromatic heterocycles. The minimum Gasteiger partial charge on any atom is -0.454 e. The quantitative estimate of drug-likeness (QED) is 0.0195. The minimum absolute atomic E-state index is 0.122. The zero-order chi connectivity index (χ0) is 62.4. The third kappa shape index (κ3) is 49.2. The van der Waals surface area contributed by atoms with Gasteiger partial charge in [0.1, 0.15) is 24.4 Å². The summed E-state index contributed by atoms with van der Waals surface area (Å²) in [6.07, 6.45) is 69.7. The van der Waals surface area contributed by atoms with Crippen LogP contribution in [0.15, 0.2) is 60.8 Å². The van der Waals surface area contributed by atoms with Gasteiger partial charge in [-0.15, -0.1) is 0 Å². The van der Waals surface area contributed by atoms with Crippen molar-refractivity contribution in [1.82, 2.24) is 5.32 Å². The lowest BCUT2D eigenvalue weighted by Crippen LogP contribution is -2.61. The Morgan fingerprint density at radius 3 is 1.23 bits per heavy atom. The molecule has 11 heteroatoms. The molecule has 0 saturated carbocycles. The van der Waals surface area contributed by atoms with Gasteiger partial charge >= 0.3 is 5.97 Å². The molecule has 8 atom stereocenters. The Balaban J connectivity index is 2.55. The number of aliphatic hydroxyl groups excluding tert-OH is 5. The second-order valence-corrected chi connectivity index (χ2v) is 25.3. The Kier molecular flexibility index (Phi) is 59.2. The fourth-order valence-corrected chi connectivity index (χ4v) is 11.4. The minimum atomic E-state index is -1.61. The molecule has 0 aromatic rings. The Bertz CT molecular complexity index is 1630. The van der Waals surface area contributed by atoms with Gasteiger partial charge in [0.2, 0.25) is 5.91 Å². The van der Waals surface area contributed by atoms with Crippen LogP contribution >= 0.6 is 0 Å². The number of carbonyl (C=O) groups is 2. The van der Waals surface area contributed by atoms with Crippen molar-refractivity contribution in [3.05, 3.63) is 60.8 Å². The highest BCUT2D eigenvalue weighted by atomic mass is 16.7. The summed E-state index contributed by atoms with van der Waals surface area (Å²) in [5.74, 6) is -1.19. The first-order valence-electron chi connectivity index (χ1n) is 36.6. The molecule has 1 rings (SSSR count). The first kappa shape index (κ1) is 81.4. The van der Waals surface area contributed by atoms with E-state index in [9.17, 15) is 35.1 Å². The van der Waals surface area contributed by atoms with Gasteiger partial charge in [0.05, 0.1) is 25.4 Å². The lowest BCUT2D eigenvalue weighted by atomic mass is 9.99. The molecule has 502 valence electrons. The van der Waals surface area contributed by atoms with E-state index in [1.165, 1.54) is 225 Å². The maximum Gasteiger partial charge on any atom is 0.306 e. The van der Waals surface area contributed by atoms with E-state index in [0.29, 0.717) is 19.3 Å². The van der Waals surface area contributed by atoms with E-state index >= 15 is 0 Å². The van der Waals surface area contributed by atoms with Crippen LogP contribution in [0.2, 0.25) is 0 Å². The van der Waals surface area contributed by atoms with Crippen molar-refractivity contribution in [2.75, 3.05) is 13.2 Å². The molecule has 0 spiro atoms. The van der Waals surface area contributed by atoms with Crippen LogP contribution in [-0.4, -0.2) is 99.6 Å². The second kappa shape index (κ2) is 62.5. The Morgan fingerprint density at radius 1 is 0.453 bits per heavy atom. The van der Waals surface area contributed by atoms with Crippen LogP contribution in [0, 0.1) is 0 Å². The number of hydrogen-bond acceptors (Lipinski definition) is 10. The van der Waals surface area contributed by atoms with Gasteiger partial charge in [-0.2, -0.15) is 0 Å². The predicted molar refractivity (Wildman–Crippen MR) is 361 cm³/mol. The van der Waals surface area contributed by atoms with Gasteiger partial charge in [-0.1, -0.05) is 306 Å². The largest absolute Gasteiger partial charge is 0.454 e. The molecular weight excluding hydrogens is 1070 g/mol. The van der Waals surface area contributed by atoms with E-state index in [2.05, 4.69) is 74.7 Å². The van der Waals surface area contributed by atoms with Gasteiger partial charge in [-0.05, 0) is 89.9 Å². The summed E-state index contributed by atoms with van der Waals surface area (Å²) in [6.45, 7) is 5.80. The predicted octanol–water partition coefficient (Wildman–Crippen LogP) is 18.9. The monoisotopic (exact) mass is 1210 g/mol. The zero-order valence-electron chi connectivity index (χ0n) is 55.9. The summed E-state index contributed by atoms with van der Waals surface area (Å²) in [5.41, 5.74) is 0. The number of hydrogen-bond donors (Lipinski definition) is 6. The van der Waals surface area contributed by atoms with Gasteiger partial charge in [0, 0.05) is 6.42 Å². The molecule has 1 aliphatic rings. The molecule has 0 aromatic carbocycles. The standard InChI is InChI=1S/C75H137NO10/c1-4-7-10-13-16-19-22-25-27-29-31-32-33-34-35-36-37-39-40-42-44-47-50-53-56-59-62-68(79)74(83)76-66(67(78)61-58-55-52-49-46-24-21-18-15-12-9-6-3)65-84-75-73(72(82)71(81)69(64-77)85-75)86-70(80)63-60-57-54-51-48-45-43-41-38-30-28-26-23-20-17-14-11-8-5-2/h16,19,25-28,31-32,58,61,66-69,71-73,75,77-79,81-82H,4-15,17-18,20-24,29-30,33-57,59-60,62-65H2,1-3H3,(H,76,83)/b19-16-,27-25-,28-26+,32-31-,61-58+. The number of ether oxygens (including phenoxy) is 3. The normalized spacial score (nSPS) is 18.6. The summed E-state index contributed by atoms with van der Waals surface area (Å²) in [6, 6.07) is -1.03. The van der Waals surface area contributed by atoms with Gasteiger partial charge in [0.25, 0.3) is 0 Å². The fraction of sp³-hybridized carbons (Fsp3) is 0.840. The van der Waals surface area contributed by atoms with Crippen LogP contribution in [0.25, 0.3) is 0 Å². The average Bonchev–Trinajstić information content (AvgIpc) is 3.68. The molecule has 1 heterocycles.